The van der Waals surface area contributed by atoms with E-state index >= 15 is 0 Å². The summed E-state index contributed by atoms with van der Waals surface area (Å²) in [4.78, 5) is 10.8. The fourth-order valence-electron chi connectivity index (χ4n) is 1.04. The van der Waals surface area contributed by atoms with E-state index in [4.69, 9.17) is 5.41 Å². The number of rotatable bonds is 2. The van der Waals surface area contributed by atoms with Gasteiger partial charge in [-0.3, -0.25) is 10.2 Å². The van der Waals surface area contributed by atoms with Crippen molar-refractivity contribution in [2.24, 2.45) is 0 Å². The number of aromatic nitrogens is 1. The molecular weight excluding hydrogens is 152 g/mol. The third-order valence-electron chi connectivity index (χ3n) is 1.57. The number of hydrogen-bond donors (Lipinski definition) is 1. The molecular formula is C9H12N2O. The molecule has 3 nitrogen and oxygen atoms in total. The van der Waals surface area contributed by atoms with Crippen molar-refractivity contribution in [3.63, 3.8) is 0 Å². The van der Waals surface area contributed by atoms with Crippen LogP contribution < -0.4 is 5.49 Å². The molecule has 0 atom stereocenters. The van der Waals surface area contributed by atoms with Gasteiger partial charge in [0.05, 0.1) is 6.54 Å². The summed E-state index contributed by atoms with van der Waals surface area (Å²) < 4.78 is 1.64. The van der Waals surface area contributed by atoms with Crippen LogP contribution >= 0.6 is 0 Å². The maximum Gasteiger partial charge on any atom is 0.149 e. The van der Waals surface area contributed by atoms with Crippen LogP contribution in [0.3, 0.4) is 0 Å². The Bertz CT molecular complexity index is 352. The highest BCUT2D eigenvalue weighted by molar-refractivity contribution is 5.75. The molecule has 0 unspecified atom stereocenters. The van der Waals surface area contributed by atoms with Gasteiger partial charge in [-0.05, 0) is 25.5 Å². The fourth-order valence-corrected chi connectivity index (χ4v) is 1.04. The minimum Gasteiger partial charge on any atom is -0.326 e. The largest absolute Gasteiger partial charge is 0.326 e. The van der Waals surface area contributed by atoms with Crippen molar-refractivity contribution in [3.05, 3.63) is 29.4 Å². The average Bonchev–Trinajstić information content (AvgIpc) is 1.96. The van der Waals surface area contributed by atoms with E-state index in [1.165, 1.54) is 6.92 Å². The van der Waals surface area contributed by atoms with Gasteiger partial charge >= 0.3 is 0 Å². The first kappa shape index (κ1) is 8.71. The molecule has 12 heavy (non-hydrogen) atoms. The first-order valence-corrected chi connectivity index (χ1v) is 3.81. The Kier molecular flexibility index (Phi) is 2.43. The van der Waals surface area contributed by atoms with Crippen molar-refractivity contribution in [2.75, 3.05) is 0 Å². The lowest BCUT2D eigenvalue weighted by Gasteiger charge is -2.04. The summed E-state index contributed by atoms with van der Waals surface area (Å²) >= 11 is 0. The van der Waals surface area contributed by atoms with Gasteiger partial charge in [0.2, 0.25) is 0 Å². The second-order valence-corrected chi connectivity index (χ2v) is 2.92. The number of carbonyl (C=O) groups excluding carboxylic acids is 1. The number of carbonyl (C=O) groups is 1. The number of nitrogens with zero attached hydrogens (tertiary/aromatic N) is 1. The Morgan fingerprint density at radius 1 is 1.58 bits per heavy atom. The van der Waals surface area contributed by atoms with Crippen LogP contribution in [0.2, 0.25) is 0 Å². The van der Waals surface area contributed by atoms with E-state index in [2.05, 4.69) is 0 Å². The molecule has 0 bridgehead atoms. The maximum absolute atomic E-state index is 10.8. The molecule has 0 radical (unpaired) electrons. The van der Waals surface area contributed by atoms with Gasteiger partial charge in [-0.25, -0.2) is 0 Å². The summed E-state index contributed by atoms with van der Waals surface area (Å²) in [5, 5.41) is 7.47. The van der Waals surface area contributed by atoms with Gasteiger partial charge < -0.3 is 4.57 Å². The van der Waals surface area contributed by atoms with E-state index in [1.54, 1.807) is 10.6 Å². The molecule has 0 fully saturated rings. The Morgan fingerprint density at radius 3 is 2.83 bits per heavy atom. The molecule has 0 aliphatic rings. The summed E-state index contributed by atoms with van der Waals surface area (Å²) in [6.07, 6.45) is 1.81. The predicted molar refractivity (Wildman–Crippen MR) is 45.7 cm³/mol. The molecule has 0 saturated heterocycles. The van der Waals surface area contributed by atoms with Crippen LogP contribution in [0, 0.1) is 12.3 Å². The van der Waals surface area contributed by atoms with E-state index in [0.29, 0.717) is 12.0 Å². The minimum atomic E-state index is 0.0686. The molecule has 0 aliphatic heterocycles. The van der Waals surface area contributed by atoms with Crippen molar-refractivity contribution in [2.45, 2.75) is 20.4 Å². The molecule has 64 valence electrons. The number of Topliss-reactive ketones (excluding diaryl/α,β-unsaturated/α-hetero) is 1. The Morgan fingerprint density at radius 2 is 2.25 bits per heavy atom. The third kappa shape index (κ3) is 2.05. The highest BCUT2D eigenvalue weighted by Crippen LogP contribution is 1.91. The molecule has 0 aliphatic carbocycles. The smallest absolute Gasteiger partial charge is 0.149 e. The Hall–Kier alpha value is -1.38. The maximum atomic E-state index is 10.8. The molecule has 1 N–H and O–H groups in total. The minimum absolute atomic E-state index is 0.0686. The number of aryl methyl sites for hydroxylation is 1. The second-order valence-electron chi connectivity index (χ2n) is 2.92. The van der Waals surface area contributed by atoms with Gasteiger partial charge in [0.25, 0.3) is 0 Å². The van der Waals surface area contributed by atoms with Crippen LogP contribution in [0.4, 0.5) is 0 Å². The number of nitrogens with one attached hydrogen (secondary N) is 1. The monoisotopic (exact) mass is 164 g/mol. The lowest BCUT2D eigenvalue weighted by Crippen LogP contribution is -2.22. The lowest BCUT2D eigenvalue weighted by molar-refractivity contribution is -0.117. The molecule has 0 spiro atoms. The second kappa shape index (κ2) is 3.34. The summed E-state index contributed by atoms with van der Waals surface area (Å²) in [7, 11) is 0. The van der Waals surface area contributed by atoms with Gasteiger partial charge in [0.15, 0.2) is 0 Å². The summed E-state index contributed by atoms with van der Waals surface area (Å²) in [6, 6.07) is 3.55. The summed E-state index contributed by atoms with van der Waals surface area (Å²) in [6.45, 7) is 3.76. The van der Waals surface area contributed by atoms with Gasteiger partial charge in [-0.15, -0.1) is 0 Å². The molecule has 0 saturated carbocycles. The van der Waals surface area contributed by atoms with Crippen LogP contribution in [0.15, 0.2) is 18.3 Å². The average molecular weight is 164 g/mol. The van der Waals surface area contributed by atoms with Crippen molar-refractivity contribution < 1.29 is 4.79 Å². The summed E-state index contributed by atoms with van der Waals surface area (Å²) in [5.74, 6) is 0.0686. The van der Waals surface area contributed by atoms with Crippen LogP contribution in [0.5, 0.6) is 0 Å². The van der Waals surface area contributed by atoms with E-state index in [9.17, 15) is 4.79 Å². The number of hydrogen-bond acceptors (Lipinski definition) is 2. The molecule has 3 heteroatoms. The Balaban J connectivity index is 3.06. The van der Waals surface area contributed by atoms with Crippen molar-refractivity contribution in [1.82, 2.24) is 4.57 Å². The molecule has 1 aromatic heterocycles. The quantitative estimate of drug-likeness (QED) is 0.692. The zero-order valence-corrected chi connectivity index (χ0v) is 7.29. The lowest BCUT2D eigenvalue weighted by atomic mass is 10.3. The van der Waals surface area contributed by atoms with Crippen LogP contribution in [0.1, 0.15) is 12.5 Å². The molecule has 0 amide bonds. The van der Waals surface area contributed by atoms with Crippen molar-refractivity contribution >= 4 is 5.78 Å². The van der Waals surface area contributed by atoms with Crippen molar-refractivity contribution in [3.8, 4) is 0 Å². The zero-order chi connectivity index (χ0) is 9.14. The molecule has 1 aromatic rings. The number of ketones is 1. The van der Waals surface area contributed by atoms with E-state index in [0.717, 1.165) is 5.56 Å². The van der Waals surface area contributed by atoms with Crippen LogP contribution in [-0.4, -0.2) is 10.4 Å². The first-order valence-electron chi connectivity index (χ1n) is 3.81. The van der Waals surface area contributed by atoms with Crippen LogP contribution in [0.25, 0.3) is 0 Å². The van der Waals surface area contributed by atoms with Crippen molar-refractivity contribution in [1.29, 1.82) is 5.41 Å². The fraction of sp³-hybridized carbons (Fsp3) is 0.333. The molecule has 1 heterocycles. The van der Waals surface area contributed by atoms with Crippen LogP contribution in [-0.2, 0) is 11.3 Å². The van der Waals surface area contributed by atoms with Gasteiger partial charge in [0, 0.05) is 6.20 Å². The predicted octanol–water partition coefficient (Wildman–Crippen LogP) is 0.865. The standard InChI is InChI=1S/C9H12N2O/c1-7-3-4-9(10)11(5-7)6-8(2)12/h3-5,10H,6H2,1-2H3. The van der Waals surface area contributed by atoms with Gasteiger partial charge in [-0.2, -0.15) is 0 Å². The molecule has 1 rings (SSSR count). The summed E-state index contributed by atoms with van der Waals surface area (Å²) in [5.41, 5.74) is 1.43. The van der Waals surface area contributed by atoms with Gasteiger partial charge in [0.1, 0.15) is 11.3 Å². The highest BCUT2D eigenvalue weighted by atomic mass is 16.1. The number of pyridine rings is 1. The SMILES string of the molecule is CC(=O)Cn1cc(C)ccc1=N. The first-order chi connectivity index (χ1) is 5.59. The van der Waals surface area contributed by atoms with E-state index < -0.39 is 0 Å². The normalized spacial score (nSPS) is 9.83. The highest BCUT2D eigenvalue weighted by Gasteiger charge is 1.96. The van der Waals surface area contributed by atoms with E-state index in [-0.39, 0.29) is 5.78 Å². The molecule has 0 aromatic carbocycles. The topological polar surface area (TPSA) is 45.9 Å². The van der Waals surface area contributed by atoms with E-state index in [1.807, 2.05) is 19.2 Å². The van der Waals surface area contributed by atoms with Gasteiger partial charge in [-0.1, -0.05) is 6.07 Å². The zero-order valence-electron chi connectivity index (χ0n) is 7.29. The Labute approximate surface area is 71.2 Å². The third-order valence-corrected chi connectivity index (χ3v) is 1.57.